The molecule has 0 spiro atoms. The van der Waals surface area contributed by atoms with Gasteiger partial charge in [-0.3, -0.25) is 9.59 Å². The molecular weight excluding hydrogens is 350 g/mol. The molecule has 1 atom stereocenters. The van der Waals surface area contributed by atoms with Gasteiger partial charge in [0.25, 0.3) is 5.91 Å². The Morgan fingerprint density at radius 1 is 0.821 bits per heavy atom. The van der Waals surface area contributed by atoms with E-state index in [2.05, 4.69) is 15.8 Å². The van der Waals surface area contributed by atoms with Gasteiger partial charge in [-0.2, -0.15) is 5.10 Å². The molecule has 2 amide bonds. The second kappa shape index (κ2) is 9.83. The summed E-state index contributed by atoms with van der Waals surface area (Å²) in [5.74, 6) is -0.510. The van der Waals surface area contributed by atoms with Crippen LogP contribution in [0.3, 0.4) is 0 Å². The fourth-order valence-corrected chi connectivity index (χ4v) is 2.72. The van der Waals surface area contributed by atoms with Gasteiger partial charge in [0, 0.05) is 5.56 Å². The normalized spacial score (nSPS) is 11.7. The van der Waals surface area contributed by atoms with Crippen LogP contribution in [0.15, 0.2) is 96.1 Å². The van der Waals surface area contributed by atoms with E-state index in [9.17, 15) is 9.59 Å². The molecule has 0 fully saturated rings. The number of hydrogen-bond acceptors (Lipinski definition) is 3. The molecule has 0 saturated carbocycles. The molecule has 3 rings (SSSR count). The van der Waals surface area contributed by atoms with Gasteiger partial charge >= 0.3 is 0 Å². The number of carbonyl (C=O) groups is 2. The molecule has 2 N–H and O–H groups in total. The molecule has 0 radical (unpaired) electrons. The van der Waals surface area contributed by atoms with Crippen molar-refractivity contribution in [3.05, 3.63) is 108 Å². The molecular formula is C23H21N3O2. The minimum absolute atomic E-state index is 0.0781. The zero-order chi connectivity index (χ0) is 19.6. The third-order valence-corrected chi connectivity index (χ3v) is 4.14. The smallest absolute Gasteiger partial charge is 0.251 e. The van der Waals surface area contributed by atoms with E-state index in [1.54, 1.807) is 30.5 Å². The van der Waals surface area contributed by atoms with Gasteiger partial charge in [0.2, 0.25) is 5.91 Å². The number of hydrogen-bond donors (Lipinski definition) is 2. The summed E-state index contributed by atoms with van der Waals surface area (Å²) in [5.41, 5.74) is 4.81. The van der Waals surface area contributed by atoms with Crippen LogP contribution in [-0.2, 0) is 4.79 Å². The van der Waals surface area contributed by atoms with Gasteiger partial charge in [-0.05, 0) is 23.3 Å². The Morgan fingerprint density at radius 2 is 1.39 bits per heavy atom. The molecule has 0 bridgehead atoms. The van der Waals surface area contributed by atoms with E-state index in [4.69, 9.17) is 0 Å². The highest BCUT2D eigenvalue weighted by atomic mass is 16.2. The Balaban J connectivity index is 1.66. The molecule has 140 valence electrons. The Labute approximate surface area is 164 Å². The van der Waals surface area contributed by atoms with E-state index < -0.39 is 6.04 Å². The number of amides is 2. The van der Waals surface area contributed by atoms with Crippen molar-refractivity contribution < 1.29 is 9.59 Å². The first-order valence-corrected chi connectivity index (χ1v) is 9.00. The summed E-state index contributed by atoms with van der Waals surface area (Å²) in [4.78, 5) is 24.9. The van der Waals surface area contributed by atoms with Gasteiger partial charge in [0.05, 0.1) is 18.7 Å². The van der Waals surface area contributed by atoms with Crippen LogP contribution >= 0.6 is 0 Å². The van der Waals surface area contributed by atoms with Crippen molar-refractivity contribution in [2.24, 2.45) is 5.10 Å². The van der Waals surface area contributed by atoms with Crippen molar-refractivity contribution in [1.29, 1.82) is 0 Å². The molecule has 3 aromatic carbocycles. The number of nitrogens with one attached hydrogen (secondary N) is 2. The maximum atomic E-state index is 12.5. The predicted molar refractivity (Wildman–Crippen MR) is 110 cm³/mol. The monoisotopic (exact) mass is 371 g/mol. The van der Waals surface area contributed by atoms with E-state index in [-0.39, 0.29) is 18.2 Å². The molecule has 5 heteroatoms. The number of rotatable bonds is 7. The fourth-order valence-electron chi connectivity index (χ4n) is 2.72. The predicted octanol–water partition coefficient (Wildman–Crippen LogP) is 3.70. The summed E-state index contributed by atoms with van der Waals surface area (Å²) < 4.78 is 0. The highest BCUT2D eigenvalue weighted by molar-refractivity contribution is 5.94. The standard InChI is InChI=1S/C23H21N3O2/c27-22(26-24-17-18-10-4-1-5-11-18)16-21(19-12-6-2-7-13-19)25-23(28)20-14-8-3-9-15-20/h1-15,17,21H,16H2,(H,25,28)(H,26,27)/b24-17-/t21-/m0/s1. The first kappa shape index (κ1) is 19.0. The van der Waals surface area contributed by atoms with Gasteiger partial charge in [0.15, 0.2) is 0 Å². The van der Waals surface area contributed by atoms with Crippen molar-refractivity contribution in [3.63, 3.8) is 0 Å². The summed E-state index contributed by atoms with van der Waals surface area (Å²) in [6.45, 7) is 0. The second-order valence-electron chi connectivity index (χ2n) is 6.21. The van der Waals surface area contributed by atoms with Gasteiger partial charge < -0.3 is 5.32 Å². The zero-order valence-corrected chi connectivity index (χ0v) is 15.3. The van der Waals surface area contributed by atoms with Crippen molar-refractivity contribution in [3.8, 4) is 0 Å². The van der Waals surface area contributed by atoms with Crippen LogP contribution in [-0.4, -0.2) is 18.0 Å². The van der Waals surface area contributed by atoms with Crippen LogP contribution in [0, 0.1) is 0 Å². The fraction of sp³-hybridized carbons (Fsp3) is 0.0870. The number of nitrogens with zero attached hydrogens (tertiary/aromatic N) is 1. The van der Waals surface area contributed by atoms with Crippen LogP contribution in [0.2, 0.25) is 0 Å². The molecule has 0 aliphatic heterocycles. The first-order valence-electron chi connectivity index (χ1n) is 9.00. The highest BCUT2D eigenvalue weighted by Gasteiger charge is 2.19. The minimum Gasteiger partial charge on any atom is -0.345 e. The van der Waals surface area contributed by atoms with Crippen LogP contribution in [0.4, 0.5) is 0 Å². The van der Waals surface area contributed by atoms with E-state index in [1.165, 1.54) is 0 Å². The van der Waals surface area contributed by atoms with Crippen molar-refractivity contribution >= 4 is 18.0 Å². The Morgan fingerprint density at radius 3 is 2.04 bits per heavy atom. The average molecular weight is 371 g/mol. The molecule has 0 aliphatic carbocycles. The Bertz CT molecular complexity index is 926. The third kappa shape index (κ3) is 5.64. The largest absolute Gasteiger partial charge is 0.345 e. The molecule has 0 aromatic heterocycles. The van der Waals surface area contributed by atoms with Crippen molar-refractivity contribution in [2.45, 2.75) is 12.5 Å². The van der Waals surface area contributed by atoms with Gasteiger partial charge in [0.1, 0.15) is 0 Å². The quantitative estimate of drug-likeness (QED) is 0.491. The molecule has 28 heavy (non-hydrogen) atoms. The summed E-state index contributed by atoms with van der Waals surface area (Å²) in [5, 5.41) is 6.93. The molecule has 0 saturated heterocycles. The lowest BCUT2D eigenvalue weighted by molar-refractivity contribution is -0.121. The number of carbonyl (C=O) groups excluding carboxylic acids is 2. The van der Waals surface area contributed by atoms with Crippen molar-refractivity contribution in [2.75, 3.05) is 0 Å². The maximum Gasteiger partial charge on any atom is 0.251 e. The van der Waals surface area contributed by atoms with Crippen LogP contribution in [0.25, 0.3) is 0 Å². The zero-order valence-electron chi connectivity index (χ0n) is 15.3. The second-order valence-corrected chi connectivity index (χ2v) is 6.21. The van der Waals surface area contributed by atoms with Gasteiger partial charge in [-0.25, -0.2) is 5.43 Å². The Kier molecular flexibility index (Phi) is 6.68. The third-order valence-electron chi connectivity index (χ3n) is 4.14. The summed E-state index contributed by atoms with van der Waals surface area (Å²) >= 11 is 0. The maximum absolute atomic E-state index is 12.5. The lowest BCUT2D eigenvalue weighted by atomic mass is 10.0. The van der Waals surface area contributed by atoms with E-state index in [1.807, 2.05) is 66.7 Å². The first-order chi connectivity index (χ1) is 13.7. The topological polar surface area (TPSA) is 70.6 Å². The van der Waals surface area contributed by atoms with E-state index >= 15 is 0 Å². The van der Waals surface area contributed by atoms with Crippen LogP contribution < -0.4 is 10.7 Å². The summed E-state index contributed by atoms with van der Waals surface area (Å²) in [7, 11) is 0. The Hall–Kier alpha value is -3.73. The van der Waals surface area contributed by atoms with Gasteiger partial charge in [-0.15, -0.1) is 0 Å². The lowest BCUT2D eigenvalue weighted by Gasteiger charge is -2.18. The van der Waals surface area contributed by atoms with Crippen LogP contribution in [0.1, 0.15) is 33.9 Å². The lowest BCUT2D eigenvalue weighted by Crippen LogP contribution is -2.32. The van der Waals surface area contributed by atoms with E-state index in [0.717, 1.165) is 11.1 Å². The number of hydrazone groups is 1. The number of benzene rings is 3. The highest BCUT2D eigenvalue weighted by Crippen LogP contribution is 2.17. The van der Waals surface area contributed by atoms with E-state index in [0.29, 0.717) is 5.56 Å². The summed E-state index contributed by atoms with van der Waals surface area (Å²) in [6.07, 6.45) is 1.66. The molecule has 0 heterocycles. The molecule has 3 aromatic rings. The average Bonchev–Trinajstić information content (AvgIpc) is 2.75. The van der Waals surface area contributed by atoms with Crippen LogP contribution in [0.5, 0.6) is 0 Å². The minimum atomic E-state index is -0.458. The molecule has 0 aliphatic rings. The molecule has 5 nitrogen and oxygen atoms in total. The SMILES string of the molecule is O=C(C[C@H](NC(=O)c1ccccc1)c1ccccc1)N/N=C\c1ccccc1. The van der Waals surface area contributed by atoms with Crippen molar-refractivity contribution in [1.82, 2.24) is 10.7 Å². The van der Waals surface area contributed by atoms with Gasteiger partial charge in [-0.1, -0.05) is 78.9 Å². The summed E-state index contributed by atoms with van der Waals surface area (Å²) in [6, 6.07) is 27.4. The molecule has 0 unspecified atom stereocenters.